The topological polar surface area (TPSA) is 131 Å². The summed E-state index contributed by atoms with van der Waals surface area (Å²) in [5.41, 5.74) is 1.34. The van der Waals surface area contributed by atoms with Crippen LogP contribution in [-0.4, -0.2) is 62.1 Å². The molecule has 2 heterocycles. The van der Waals surface area contributed by atoms with Crippen LogP contribution in [0.15, 0.2) is 30.3 Å². The van der Waals surface area contributed by atoms with Gasteiger partial charge in [0.25, 0.3) is 23.4 Å². The largest absolute Gasteiger partial charge is 0.343 e. The number of nitro groups is 1. The number of benzene rings is 1. The quantitative estimate of drug-likeness (QED) is 0.396. The van der Waals surface area contributed by atoms with Crippen molar-refractivity contribution in [2.75, 3.05) is 19.6 Å². The molecule has 0 saturated carbocycles. The molecule has 32 heavy (non-hydrogen) atoms. The number of halogens is 1. The Kier molecular flexibility index (Phi) is 6.89. The monoisotopic (exact) mass is 460 g/mol. The maximum atomic E-state index is 12.6. The van der Waals surface area contributed by atoms with Gasteiger partial charge in [-0.05, 0) is 31.6 Å². The Morgan fingerprint density at radius 1 is 1.22 bits per heavy atom. The highest BCUT2D eigenvalue weighted by atomic mass is 35.5. The highest BCUT2D eigenvalue weighted by Crippen LogP contribution is 2.20. The molecule has 12 heteroatoms. The summed E-state index contributed by atoms with van der Waals surface area (Å²) in [6, 6.07) is 5.03. The van der Waals surface area contributed by atoms with E-state index in [0.717, 1.165) is 0 Å². The van der Waals surface area contributed by atoms with Gasteiger partial charge in [0.05, 0.1) is 17.2 Å². The van der Waals surface area contributed by atoms with E-state index in [1.165, 1.54) is 45.0 Å². The zero-order valence-corrected chi connectivity index (χ0v) is 18.2. The molecule has 3 amide bonds. The van der Waals surface area contributed by atoms with Crippen molar-refractivity contribution in [1.29, 1.82) is 0 Å². The number of hydrazine groups is 1. The van der Waals surface area contributed by atoms with Gasteiger partial charge in [0, 0.05) is 49.5 Å². The number of rotatable bonds is 6. The third-order valence-electron chi connectivity index (χ3n) is 4.90. The number of carbonyl (C=O) groups is 3. The first-order chi connectivity index (χ1) is 15.2. The van der Waals surface area contributed by atoms with E-state index in [2.05, 4.69) is 10.4 Å². The summed E-state index contributed by atoms with van der Waals surface area (Å²) in [6.45, 7) is 2.16. The minimum Gasteiger partial charge on any atom is -0.343 e. The summed E-state index contributed by atoms with van der Waals surface area (Å²) in [5, 5.41) is 20.4. The number of nitrogens with zero attached hydrogens (tertiary/aromatic N) is 5. The maximum Gasteiger partial charge on any atom is 0.269 e. The molecule has 0 radical (unpaired) electrons. The molecule has 0 bridgehead atoms. The second-order valence-electron chi connectivity index (χ2n) is 7.07. The fourth-order valence-corrected chi connectivity index (χ4v) is 3.50. The summed E-state index contributed by atoms with van der Waals surface area (Å²) in [4.78, 5) is 47.6. The lowest BCUT2D eigenvalue weighted by Gasteiger charge is -2.27. The van der Waals surface area contributed by atoms with Crippen LogP contribution in [0, 0.1) is 17.0 Å². The van der Waals surface area contributed by atoms with Crippen LogP contribution in [0.4, 0.5) is 5.69 Å². The predicted molar refractivity (Wildman–Crippen MR) is 115 cm³/mol. The molecule has 1 aliphatic heterocycles. The second-order valence-corrected chi connectivity index (χ2v) is 7.42. The lowest BCUT2D eigenvalue weighted by atomic mass is 10.2. The van der Waals surface area contributed by atoms with Gasteiger partial charge in [-0.3, -0.25) is 29.2 Å². The number of carbonyl (C=O) groups excluding carboxylic acids is 3. The summed E-state index contributed by atoms with van der Waals surface area (Å²) in [6.07, 6.45) is 3.50. The fraction of sp³-hybridized carbons (Fsp3) is 0.300. The van der Waals surface area contributed by atoms with Crippen molar-refractivity contribution in [3.8, 4) is 0 Å². The van der Waals surface area contributed by atoms with Gasteiger partial charge in [-0.25, -0.2) is 10.0 Å². The minimum absolute atomic E-state index is 0.139. The van der Waals surface area contributed by atoms with Crippen molar-refractivity contribution in [3.63, 3.8) is 0 Å². The summed E-state index contributed by atoms with van der Waals surface area (Å²) in [7, 11) is 1.69. The molecule has 1 aliphatic rings. The van der Waals surface area contributed by atoms with Crippen LogP contribution in [0.2, 0.25) is 5.15 Å². The van der Waals surface area contributed by atoms with Crippen LogP contribution in [-0.2, 0) is 16.6 Å². The molecule has 0 aliphatic carbocycles. The molecule has 0 spiro atoms. The first-order valence-electron chi connectivity index (χ1n) is 9.70. The molecule has 1 aromatic carbocycles. The molecule has 1 fully saturated rings. The van der Waals surface area contributed by atoms with Gasteiger partial charge in [0.15, 0.2) is 0 Å². The summed E-state index contributed by atoms with van der Waals surface area (Å²) in [5.74, 6) is -1.39. The smallest absolute Gasteiger partial charge is 0.269 e. The molecule has 1 aromatic heterocycles. The van der Waals surface area contributed by atoms with E-state index in [-0.39, 0.29) is 17.8 Å². The standard InChI is InChI=1S/C20H21ClN6O5/c1-13-16(19(21)24(2)23-13)8-9-17(28)25-10-3-11-26(25)18(29)12-22-20(30)14-4-6-15(7-5-14)27(31)32/h4-9H,3,10-12H2,1-2H3,(H,22,30). The van der Waals surface area contributed by atoms with Gasteiger partial charge in [-0.15, -0.1) is 0 Å². The van der Waals surface area contributed by atoms with Gasteiger partial charge in [-0.1, -0.05) is 11.6 Å². The number of aromatic nitrogens is 2. The summed E-state index contributed by atoms with van der Waals surface area (Å²) >= 11 is 6.17. The van der Waals surface area contributed by atoms with E-state index >= 15 is 0 Å². The first kappa shape index (κ1) is 22.9. The number of non-ortho nitro benzene ring substituents is 1. The van der Waals surface area contributed by atoms with Crippen LogP contribution >= 0.6 is 11.6 Å². The Morgan fingerprint density at radius 2 is 1.88 bits per heavy atom. The molecule has 1 saturated heterocycles. The van der Waals surface area contributed by atoms with Crippen LogP contribution in [0.1, 0.15) is 28.0 Å². The molecule has 1 N–H and O–H groups in total. The third-order valence-corrected chi connectivity index (χ3v) is 5.35. The summed E-state index contributed by atoms with van der Waals surface area (Å²) < 4.78 is 1.50. The van der Waals surface area contributed by atoms with Crippen molar-refractivity contribution in [2.45, 2.75) is 13.3 Å². The second kappa shape index (κ2) is 9.60. The Bertz CT molecular complexity index is 1090. The average molecular weight is 461 g/mol. The molecule has 0 atom stereocenters. The average Bonchev–Trinajstić information content (AvgIpc) is 3.35. The lowest BCUT2D eigenvalue weighted by Crippen LogP contribution is -2.48. The first-order valence-corrected chi connectivity index (χ1v) is 10.1. The fourth-order valence-electron chi connectivity index (χ4n) is 3.26. The van der Waals surface area contributed by atoms with Gasteiger partial charge in [-0.2, -0.15) is 5.10 Å². The molecular formula is C20H21ClN6O5. The molecule has 0 unspecified atom stereocenters. The van der Waals surface area contributed by atoms with Crippen molar-refractivity contribution in [3.05, 3.63) is 62.4 Å². The lowest BCUT2D eigenvalue weighted by molar-refractivity contribution is -0.384. The number of hydrogen-bond donors (Lipinski definition) is 1. The highest BCUT2D eigenvalue weighted by molar-refractivity contribution is 6.31. The SMILES string of the molecule is Cc1nn(C)c(Cl)c1C=CC(=O)N1CCCN1C(=O)CNC(=O)c1ccc([N+](=O)[O-])cc1. The molecule has 3 rings (SSSR count). The Balaban J connectivity index is 1.60. The van der Waals surface area contributed by atoms with E-state index in [0.29, 0.717) is 35.9 Å². The van der Waals surface area contributed by atoms with Crippen LogP contribution in [0.5, 0.6) is 0 Å². The normalized spacial score (nSPS) is 13.6. The van der Waals surface area contributed by atoms with E-state index in [9.17, 15) is 24.5 Å². The Labute approximate surface area is 188 Å². The van der Waals surface area contributed by atoms with E-state index in [1.807, 2.05) is 0 Å². The van der Waals surface area contributed by atoms with E-state index in [1.54, 1.807) is 20.0 Å². The number of amides is 3. The zero-order chi connectivity index (χ0) is 23.4. The van der Waals surface area contributed by atoms with Crippen molar-refractivity contribution >= 4 is 41.1 Å². The number of nitro benzene ring substituents is 1. The van der Waals surface area contributed by atoms with E-state index < -0.39 is 22.6 Å². The molecule has 168 valence electrons. The Hall–Kier alpha value is -3.73. The molecule has 11 nitrogen and oxygen atoms in total. The van der Waals surface area contributed by atoms with Crippen molar-refractivity contribution in [1.82, 2.24) is 25.1 Å². The predicted octanol–water partition coefficient (Wildman–Crippen LogP) is 1.71. The number of hydrogen-bond acceptors (Lipinski definition) is 6. The minimum atomic E-state index is -0.567. The van der Waals surface area contributed by atoms with Gasteiger partial charge >= 0.3 is 0 Å². The highest BCUT2D eigenvalue weighted by Gasteiger charge is 2.29. The van der Waals surface area contributed by atoms with Crippen molar-refractivity contribution in [2.24, 2.45) is 7.05 Å². The molecular weight excluding hydrogens is 440 g/mol. The maximum absolute atomic E-state index is 12.6. The van der Waals surface area contributed by atoms with Gasteiger partial charge in [0.1, 0.15) is 5.15 Å². The Morgan fingerprint density at radius 3 is 2.47 bits per heavy atom. The van der Waals surface area contributed by atoms with Crippen LogP contribution in [0.3, 0.4) is 0 Å². The zero-order valence-electron chi connectivity index (χ0n) is 17.4. The van der Waals surface area contributed by atoms with Crippen LogP contribution in [0.25, 0.3) is 6.08 Å². The third kappa shape index (κ3) is 4.94. The van der Waals surface area contributed by atoms with Gasteiger partial charge < -0.3 is 5.32 Å². The molecule has 2 aromatic rings. The number of nitrogens with one attached hydrogen (secondary N) is 1. The van der Waals surface area contributed by atoms with Crippen LogP contribution < -0.4 is 5.32 Å². The van der Waals surface area contributed by atoms with Gasteiger partial charge in [0.2, 0.25) is 0 Å². The van der Waals surface area contributed by atoms with E-state index in [4.69, 9.17) is 11.6 Å². The van der Waals surface area contributed by atoms with Crippen molar-refractivity contribution < 1.29 is 19.3 Å². The number of aryl methyl sites for hydroxylation is 2.